The molecule has 1 saturated carbocycles. The van der Waals surface area contributed by atoms with Crippen LogP contribution in [0.15, 0.2) is 36.9 Å². The van der Waals surface area contributed by atoms with Crippen LogP contribution in [0.3, 0.4) is 0 Å². The second kappa shape index (κ2) is 6.75. The molecule has 0 spiro atoms. The number of hydrogen-bond donors (Lipinski definition) is 0. The number of nitriles is 4. The molecular formula is C18H12N4O3. The summed E-state index contributed by atoms with van der Waals surface area (Å²) in [6.07, 6.45) is 1.05. The smallest absolute Gasteiger partial charge is 0.330 e. The van der Waals surface area contributed by atoms with Crippen LogP contribution in [0.25, 0.3) is 0 Å². The molecule has 0 unspecified atom stereocenters. The molecule has 1 aromatic carbocycles. The van der Waals surface area contributed by atoms with Crippen LogP contribution in [0.4, 0.5) is 0 Å². The monoisotopic (exact) mass is 332 g/mol. The lowest BCUT2D eigenvalue weighted by molar-refractivity contribution is -0.138. The molecule has 1 aliphatic carbocycles. The van der Waals surface area contributed by atoms with Gasteiger partial charge in [0.25, 0.3) is 0 Å². The van der Waals surface area contributed by atoms with E-state index in [4.69, 9.17) is 9.47 Å². The van der Waals surface area contributed by atoms with Gasteiger partial charge < -0.3 is 9.47 Å². The maximum atomic E-state index is 10.9. The van der Waals surface area contributed by atoms with E-state index in [1.165, 1.54) is 0 Å². The van der Waals surface area contributed by atoms with Crippen LogP contribution in [0.2, 0.25) is 0 Å². The van der Waals surface area contributed by atoms with Gasteiger partial charge in [0.15, 0.2) is 10.8 Å². The van der Waals surface area contributed by atoms with E-state index in [0.29, 0.717) is 11.3 Å². The average Bonchev–Trinajstić information content (AvgIpc) is 3.28. The first-order chi connectivity index (χ1) is 12.0. The van der Waals surface area contributed by atoms with E-state index < -0.39 is 22.7 Å². The van der Waals surface area contributed by atoms with E-state index in [2.05, 4.69) is 6.58 Å². The molecule has 2 rings (SSSR count). The third kappa shape index (κ3) is 2.65. The standard InChI is InChI=1S/C18H12N4O3/c1-2-15(23)25-8-7-24-14-5-3-13(4-6-14)16-17(9-19,10-20)18(16,11-21)12-22/h2-6,16H,1,7-8H2. The molecule has 1 fully saturated rings. The molecule has 1 aliphatic rings. The first-order valence-corrected chi connectivity index (χ1v) is 7.22. The van der Waals surface area contributed by atoms with Gasteiger partial charge in [0.05, 0.1) is 30.2 Å². The summed E-state index contributed by atoms with van der Waals surface area (Å²) < 4.78 is 10.2. The van der Waals surface area contributed by atoms with E-state index in [1.807, 2.05) is 24.3 Å². The highest BCUT2D eigenvalue weighted by atomic mass is 16.6. The van der Waals surface area contributed by atoms with Gasteiger partial charge in [-0.1, -0.05) is 18.7 Å². The minimum absolute atomic E-state index is 0.0627. The third-order valence-corrected chi connectivity index (χ3v) is 4.09. The number of esters is 1. The number of ether oxygens (including phenoxy) is 2. The van der Waals surface area contributed by atoms with Crippen molar-refractivity contribution in [3.8, 4) is 30.0 Å². The fourth-order valence-corrected chi connectivity index (χ4v) is 2.75. The quantitative estimate of drug-likeness (QED) is 0.442. The van der Waals surface area contributed by atoms with Gasteiger partial charge in [-0.05, 0) is 17.7 Å². The molecule has 0 radical (unpaired) electrons. The van der Waals surface area contributed by atoms with E-state index in [-0.39, 0.29) is 13.2 Å². The van der Waals surface area contributed by atoms with E-state index in [0.717, 1.165) is 6.08 Å². The molecule has 122 valence electrons. The van der Waals surface area contributed by atoms with Gasteiger partial charge in [-0.2, -0.15) is 21.0 Å². The topological polar surface area (TPSA) is 131 Å². The summed E-state index contributed by atoms with van der Waals surface area (Å²) >= 11 is 0. The molecular weight excluding hydrogens is 320 g/mol. The number of nitrogens with zero attached hydrogens (tertiary/aromatic N) is 4. The lowest BCUT2D eigenvalue weighted by Gasteiger charge is -2.07. The minimum Gasteiger partial charge on any atom is -0.490 e. The van der Waals surface area contributed by atoms with Gasteiger partial charge >= 0.3 is 5.97 Å². The highest BCUT2D eigenvalue weighted by Crippen LogP contribution is 2.73. The molecule has 0 amide bonds. The summed E-state index contributed by atoms with van der Waals surface area (Å²) in [6.45, 7) is 3.48. The highest BCUT2D eigenvalue weighted by Gasteiger charge is 2.81. The SMILES string of the molecule is C=CC(=O)OCCOc1ccc(C2C(C#N)(C#N)C2(C#N)C#N)cc1. The normalized spacial score (nSPS) is 16.2. The largest absolute Gasteiger partial charge is 0.490 e. The Morgan fingerprint density at radius 1 is 1.04 bits per heavy atom. The zero-order valence-corrected chi connectivity index (χ0v) is 13.1. The maximum absolute atomic E-state index is 10.9. The van der Waals surface area contributed by atoms with Crippen LogP contribution < -0.4 is 4.74 Å². The van der Waals surface area contributed by atoms with E-state index in [1.54, 1.807) is 24.3 Å². The van der Waals surface area contributed by atoms with Crippen molar-refractivity contribution in [2.24, 2.45) is 10.8 Å². The van der Waals surface area contributed by atoms with Gasteiger partial charge in [0.1, 0.15) is 19.0 Å². The first kappa shape index (κ1) is 17.5. The summed E-state index contributed by atoms with van der Waals surface area (Å²) in [6, 6.07) is 13.7. The number of rotatable bonds is 6. The minimum atomic E-state index is -1.67. The number of benzene rings is 1. The predicted molar refractivity (Wildman–Crippen MR) is 83.2 cm³/mol. The maximum Gasteiger partial charge on any atom is 0.330 e. The Bertz CT molecular complexity index is 796. The average molecular weight is 332 g/mol. The van der Waals surface area contributed by atoms with Crippen molar-refractivity contribution in [2.45, 2.75) is 5.92 Å². The second-order valence-corrected chi connectivity index (χ2v) is 5.29. The third-order valence-electron chi connectivity index (χ3n) is 4.09. The van der Waals surface area contributed by atoms with Crippen molar-refractivity contribution in [2.75, 3.05) is 13.2 Å². The summed E-state index contributed by atoms with van der Waals surface area (Å²) in [5.41, 5.74) is -2.80. The Morgan fingerprint density at radius 3 is 2.00 bits per heavy atom. The Morgan fingerprint density at radius 2 is 1.56 bits per heavy atom. The van der Waals surface area contributed by atoms with Crippen molar-refractivity contribution in [3.63, 3.8) is 0 Å². The summed E-state index contributed by atoms with van der Waals surface area (Å²) in [4.78, 5) is 10.9. The van der Waals surface area contributed by atoms with Gasteiger partial charge in [-0.15, -0.1) is 0 Å². The van der Waals surface area contributed by atoms with Crippen molar-refractivity contribution < 1.29 is 14.3 Å². The molecule has 0 aromatic heterocycles. The van der Waals surface area contributed by atoms with E-state index >= 15 is 0 Å². The Labute approximate surface area is 144 Å². The van der Waals surface area contributed by atoms with Crippen LogP contribution in [-0.2, 0) is 9.53 Å². The van der Waals surface area contributed by atoms with Gasteiger partial charge in [-0.3, -0.25) is 0 Å². The highest BCUT2D eigenvalue weighted by molar-refractivity contribution is 5.81. The number of hydrogen-bond acceptors (Lipinski definition) is 7. The van der Waals surface area contributed by atoms with E-state index in [9.17, 15) is 25.8 Å². The Kier molecular flexibility index (Phi) is 4.74. The summed E-state index contributed by atoms with van der Waals surface area (Å²) in [5, 5.41) is 37.2. The molecule has 25 heavy (non-hydrogen) atoms. The molecule has 7 nitrogen and oxygen atoms in total. The molecule has 0 saturated heterocycles. The molecule has 0 N–H and O–H groups in total. The zero-order chi connectivity index (χ0) is 18.5. The zero-order valence-electron chi connectivity index (χ0n) is 13.1. The van der Waals surface area contributed by atoms with Crippen molar-refractivity contribution in [1.29, 1.82) is 21.0 Å². The molecule has 0 atom stereocenters. The lowest BCUT2D eigenvalue weighted by atomic mass is 9.98. The van der Waals surface area contributed by atoms with Crippen molar-refractivity contribution in [3.05, 3.63) is 42.5 Å². The fraction of sp³-hybridized carbons (Fsp3) is 0.278. The van der Waals surface area contributed by atoms with Crippen molar-refractivity contribution >= 4 is 5.97 Å². The van der Waals surface area contributed by atoms with Gasteiger partial charge in [-0.25, -0.2) is 4.79 Å². The summed E-state index contributed by atoms with van der Waals surface area (Å²) in [5.74, 6) is -0.855. The molecule has 0 aliphatic heterocycles. The summed E-state index contributed by atoms with van der Waals surface area (Å²) in [7, 11) is 0. The van der Waals surface area contributed by atoms with Gasteiger partial charge in [0, 0.05) is 6.08 Å². The molecule has 0 heterocycles. The number of carbonyl (C=O) groups is 1. The Balaban J connectivity index is 2.09. The first-order valence-electron chi connectivity index (χ1n) is 7.22. The predicted octanol–water partition coefficient (Wildman–Crippen LogP) is 1.96. The van der Waals surface area contributed by atoms with Crippen LogP contribution in [0.1, 0.15) is 11.5 Å². The lowest BCUT2D eigenvalue weighted by Crippen LogP contribution is -2.10. The molecule has 0 bridgehead atoms. The molecule has 7 heteroatoms. The van der Waals surface area contributed by atoms with Crippen LogP contribution in [0.5, 0.6) is 5.75 Å². The van der Waals surface area contributed by atoms with Crippen LogP contribution in [0, 0.1) is 56.2 Å². The van der Waals surface area contributed by atoms with Crippen LogP contribution >= 0.6 is 0 Å². The number of carbonyl (C=O) groups excluding carboxylic acids is 1. The fourth-order valence-electron chi connectivity index (χ4n) is 2.75. The Hall–Kier alpha value is -3.81. The molecule has 1 aromatic rings. The van der Waals surface area contributed by atoms with Crippen molar-refractivity contribution in [1.82, 2.24) is 0 Å². The van der Waals surface area contributed by atoms with Gasteiger partial charge in [0.2, 0.25) is 0 Å². The van der Waals surface area contributed by atoms with Crippen LogP contribution in [-0.4, -0.2) is 19.2 Å². The second-order valence-electron chi connectivity index (χ2n) is 5.29.